The number of carbonyl (C=O) groups is 1. The van der Waals surface area contributed by atoms with Gasteiger partial charge in [-0.2, -0.15) is 15.5 Å². The number of amides is 1. The van der Waals surface area contributed by atoms with Crippen LogP contribution in [-0.2, 0) is 11.8 Å². The first-order valence-corrected chi connectivity index (χ1v) is 11.8. The van der Waals surface area contributed by atoms with Crippen molar-refractivity contribution >= 4 is 17.2 Å². The molecular formula is C26H28N8O. The lowest BCUT2D eigenvalue weighted by molar-refractivity contribution is -0.125. The second kappa shape index (κ2) is 9.22. The van der Waals surface area contributed by atoms with E-state index in [0.717, 1.165) is 53.0 Å². The predicted molar refractivity (Wildman–Crippen MR) is 134 cm³/mol. The summed E-state index contributed by atoms with van der Waals surface area (Å²) in [6.45, 7) is 5.50. The maximum Gasteiger partial charge on any atom is 0.225 e. The van der Waals surface area contributed by atoms with Crippen molar-refractivity contribution in [3.8, 4) is 28.3 Å². The average Bonchev–Trinajstić information content (AvgIpc) is 3.49. The highest BCUT2D eigenvalue weighted by molar-refractivity contribution is 5.87. The number of hydrogen-bond acceptors (Lipinski definition) is 6. The summed E-state index contributed by atoms with van der Waals surface area (Å²) in [6.07, 6.45) is 10.9. The van der Waals surface area contributed by atoms with Crippen LogP contribution in [0.4, 0.5) is 5.82 Å². The van der Waals surface area contributed by atoms with Gasteiger partial charge in [-0.25, -0.2) is 9.50 Å². The van der Waals surface area contributed by atoms with E-state index >= 15 is 0 Å². The van der Waals surface area contributed by atoms with Crippen LogP contribution in [0.25, 0.3) is 27.8 Å². The van der Waals surface area contributed by atoms with Gasteiger partial charge in [0.25, 0.3) is 0 Å². The van der Waals surface area contributed by atoms with Gasteiger partial charge in [-0.15, -0.1) is 0 Å². The Morgan fingerprint density at radius 2 is 2.00 bits per heavy atom. The molecule has 0 spiro atoms. The standard InChI is InChI=1S/C26H28N8O/c1-17(2)31-26(35)19-5-4-8-33(15-19)24-7-6-18(11-28-24)23-9-20(22-13-29-32(3)14-22)16-34-25(23)21(10-27)12-30-34/h6-7,9,11-14,16-17,19H,4-5,8,15H2,1-3H3,(H,31,35)/t19-/m1/s1. The Labute approximate surface area is 204 Å². The van der Waals surface area contributed by atoms with Gasteiger partial charge in [-0.3, -0.25) is 9.48 Å². The van der Waals surface area contributed by atoms with Gasteiger partial charge in [0.15, 0.2) is 0 Å². The third kappa shape index (κ3) is 4.47. The molecule has 1 N–H and O–H groups in total. The normalized spacial score (nSPS) is 16.0. The van der Waals surface area contributed by atoms with Gasteiger partial charge >= 0.3 is 0 Å². The first-order valence-electron chi connectivity index (χ1n) is 11.8. The van der Waals surface area contributed by atoms with Crippen molar-refractivity contribution in [1.29, 1.82) is 5.26 Å². The topological polar surface area (TPSA) is 104 Å². The van der Waals surface area contributed by atoms with Crippen LogP contribution in [-0.4, -0.2) is 49.4 Å². The number of pyridine rings is 2. The number of piperidine rings is 1. The Morgan fingerprint density at radius 1 is 1.14 bits per heavy atom. The minimum absolute atomic E-state index is 0.0339. The monoisotopic (exact) mass is 468 g/mol. The summed E-state index contributed by atoms with van der Waals surface area (Å²) in [5.41, 5.74) is 4.95. The molecule has 9 nitrogen and oxygen atoms in total. The summed E-state index contributed by atoms with van der Waals surface area (Å²) < 4.78 is 3.50. The predicted octanol–water partition coefficient (Wildman–Crippen LogP) is 3.41. The van der Waals surface area contributed by atoms with E-state index in [1.807, 2.05) is 57.8 Å². The second-order valence-corrected chi connectivity index (χ2v) is 9.36. The number of nitrogens with zero attached hydrogens (tertiary/aromatic N) is 7. The van der Waals surface area contributed by atoms with E-state index < -0.39 is 0 Å². The fourth-order valence-electron chi connectivity index (χ4n) is 4.69. The Bertz CT molecular complexity index is 1410. The number of anilines is 1. The van der Waals surface area contributed by atoms with Crippen LogP contribution in [0.5, 0.6) is 0 Å². The Kier molecular flexibility index (Phi) is 5.95. The smallest absolute Gasteiger partial charge is 0.225 e. The largest absolute Gasteiger partial charge is 0.356 e. The molecule has 9 heteroatoms. The Morgan fingerprint density at radius 3 is 2.69 bits per heavy atom. The van der Waals surface area contributed by atoms with Crippen LogP contribution in [0.2, 0.25) is 0 Å². The zero-order chi connectivity index (χ0) is 24.5. The number of carbonyl (C=O) groups excluding carboxylic acids is 1. The molecule has 1 aliphatic rings. The lowest BCUT2D eigenvalue weighted by Crippen LogP contribution is -2.45. The van der Waals surface area contributed by atoms with Gasteiger partial charge in [-0.1, -0.05) is 0 Å². The molecule has 35 heavy (non-hydrogen) atoms. The molecule has 0 saturated carbocycles. The molecule has 1 atom stereocenters. The minimum Gasteiger partial charge on any atom is -0.356 e. The van der Waals surface area contributed by atoms with Gasteiger partial charge in [0.1, 0.15) is 11.9 Å². The van der Waals surface area contributed by atoms with E-state index in [9.17, 15) is 10.1 Å². The SMILES string of the molecule is CC(C)NC(=O)[C@@H]1CCCN(c2ccc(-c3cc(-c4cnn(C)c4)cn4ncc(C#N)c34)cn2)C1. The van der Waals surface area contributed by atoms with Crippen LogP contribution in [0, 0.1) is 17.2 Å². The molecule has 0 radical (unpaired) electrons. The van der Waals surface area contributed by atoms with Crippen LogP contribution in [0.15, 0.2) is 49.2 Å². The maximum absolute atomic E-state index is 12.5. The van der Waals surface area contributed by atoms with E-state index in [0.29, 0.717) is 12.1 Å². The number of nitriles is 1. The maximum atomic E-state index is 12.5. The van der Waals surface area contributed by atoms with Crippen LogP contribution in [0.1, 0.15) is 32.3 Å². The quantitative estimate of drug-likeness (QED) is 0.481. The fraction of sp³-hybridized carbons (Fsp3) is 0.346. The van der Waals surface area contributed by atoms with E-state index in [1.54, 1.807) is 15.4 Å². The van der Waals surface area contributed by atoms with E-state index in [-0.39, 0.29) is 17.9 Å². The van der Waals surface area contributed by atoms with Crippen LogP contribution < -0.4 is 10.2 Å². The van der Waals surface area contributed by atoms with E-state index in [4.69, 9.17) is 4.98 Å². The third-order valence-electron chi connectivity index (χ3n) is 6.38. The summed E-state index contributed by atoms with van der Waals surface area (Å²) in [7, 11) is 1.88. The molecule has 1 saturated heterocycles. The molecule has 1 aliphatic heterocycles. The molecule has 0 bridgehead atoms. The Balaban J connectivity index is 1.47. The van der Waals surface area contributed by atoms with Gasteiger partial charge in [-0.05, 0) is 44.9 Å². The summed E-state index contributed by atoms with van der Waals surface area (Å²) >= 11 is 0. The molecule has 5 heterocycles. The van der Waals surface area contributed by atoms with Crippen LogP contribution >= 0.6 is 0 Å². The lowest BCUT2D eigenvalue weighted by Gasteiger charge is -2.33. The highest BCUT2D eigenvalue weighted by Gasteiger charge is 2.27. The highest BCUT2D eigenvalue weighted by Crippen LogP contribution is 2.32. The second-order valence-electron chi connectivity index (χ2n) is 9.36. The number of aromatic nitrogens is 5. The van der Waals surface area contributed by atoms with Gasteiger partial charge in [0.05, 0.1) is 29.4 Å². The summed E-state index contributed by atoms with van der Waals surface area (Å²) in [6, 6.07) is 8.46. The van der Waals surface area contributed by atoms with Gasteiger partial charge in [0, 0.05) is 67.0 Å². The van der Waals surface area contributed by atoms with E-state index in [2.05, 4.69) is 32.5 Å². The third-order valence-corrected chi connectivity index (χ3v) is 6.38. The molecule has 1 fully saturated rings. The van der Waals surface area contributed by atoms with Gasteiger partial charge < -0.3 is 10.2 Å². The Hall–Kier alpha value is -4.19. The van der Waals surface area contributed by atoms with Gasteiger partial charge in [0.2, 0.25) is 5.91 Å². The first-order chi connectivity index (χ1) is 16.9. The molecule has 4 aromatic heterocycles. The molecule has 0 unspecified atom stereocenters. The fourth-order valence-corrected chi connectivity index (χ4v) is 4.69. The van der Waals surface area contributed by atoms with Crippen molar-refractivity contribution in [1.82, 2.24) is 29.7 Å². The van der Waals surface area contributed by atoms with E-state index in [1.165, 1.54) is 0 Å². The zero-order valence-corrected chi connectivity index (χ0v) is 20.1. The van der Waals surface area contributed by atoms with Crippen molar-refractivity contribution in [3.05, 3.63) is 54.7 Å². The molecule has 1 amide bonds. The number of nitrogens with one attached hydrogen (secondary N) is 1. The van der Waals surface area contributed by atoms with Crippen molar-refractivity contribution in [2.75, 3.05) is 18.0 Å². The van der Waals surface area contributed by atoms with Crippen LogP contribution in [0.3, 0.4) is 0 Å². The molecule has 4 aromatic rings. The molecule has 178 valence electrons. The molecule has 0 aromatic carbocycles. The number of fused-ring (bicyclic) bond motifs is 1. The first kappa shape index (κ1) is 22.6. The average molecular weight is 469 g/mol. The molecule has 5 rings (SSSR count). The summed E-state index contributed by atoms with van der Waals surface area (Å²) in [4.78, 5) is 19.5. The molecular weight excluding hydrogens is 440 g/mol. The zero-order valence-electron chi connectivity index (χ0n) is 20.1. The van der Waals surface area contributed by atoms with Crippen molar-refractivity contribution < 1.29 is 4.79 Å². The number of aryl methyl sites for hydroxylation is 1. The highest BCUT2D eigenvalue weighted by atomic mass is 16.2. The molecule has 0 aliphatic carbocycles. The number of hydrogen-bond donors (Lipinski definition) is 1. The van der Waals surface area contributed by atoms with Crippen molar-refractivity contribution in [2.24, 2.45) is 13.0 Å². The lowest BCUT2D eigenvalue weighted by atomic mass is 9.96. The summed E-state index contributed by atoms with van der Waals surface area (Å²) in [5, 5.41) is 21.4. The summed E-state index contributed by atoms with van der Waals surface area (Å²) in [5.74, 6) is 0.929. The van der Waals surface area contributed by atoms with Crippen molar-refractivity contribution in [3.63, 3.8) is 0 Å². The van der Waals surface area contributed by atoms with Crippen molar-refractivity contribution in [2.45, 2.75) is 32.7 Å². The number of rotatable bonds is 5. The minimum atomic E-state index is -0.0339.